The predicted molar refractivity (Wildman–Crippen MR) is 105 cm³/mol. The zero-order valence-corrected chi connectivity index (χ0v) is 16.1. The first kappa shape index (κ1) is 20.1. The van der Waals surface area contributed by atoms with Crippen molar-refractivity contribution in [3.63, 3.8) is 0 Å². The topological polar surface area (TPSA) is 64.6 Å². The summed E-state index contributed by atoms with van der Waals surface area (Å²) < 4.78 is 10.1. The zero-order valence-electron chi connectivity index (χ0n) is 14.5. The minimum Gasteiger partial charge on any atom is -0.495 e. The number of methoxy groups -OCH3 is 1. The van der Waals surface area contributed by atoms with Crippen molar-refractivity contribution >= 4 is 40.9 Å². The molecule has 2 aromatic carbocycles. The van der Waals surface area contributed by atoms with E-state index >= 15 is 0 Å². The third kappa shape index (κ3) is 5.68. The number of carbonyl (C=O) groups is 2. The van der Waals surface area contributed by atoms with E-state index in [2.05, 4.69) is 5.32 Å². The van der Waals surface area contributed by atoms with Gasteiger partial charge in [-0.25, -0.2) is 0 Å². The Bertz CT molecular complexity index is 754. The van der Waals surface area contributed by atoms with Crippen molar-refractivity contribution in [2.75, 3.05) is 24.8 Å². The number of benzene rings is 2. The standard InChI is InChI=1S/C19H20ClNO4S/c1-3-25-17(22)12-26-18(13-7-5-4-6-8-13)19(23)21-14-9-10-16(24-2)15(20)11-14/h4-11,18H,3,12H2,1-2H3,(H,21,23). The first-order chi connectivity index (χ1) is 12.5. The van der Waals surface area contributed by atoms with Crippen LogP contribution in [-0.4, -0.2) is 31.3 Å². The van der Waals surface area contributed by atoms with E-state index < -0.39 is 5.25 Å². The second-order valence-electron chi connectivity index (χ2n) is 5.25. The van der Waals surface area contributed by atoms with Gasteiger partial charge in [0.25, 0.3) is 0 Å². The largest absolute Gasteiger partial charge is 0.495 e. The Morgan fingerprint density at radius 1 is 1.19 bits per heavy atom. The molecule has 0 spiro atoms. The molecule has 1 amide bonds. The Kier molecular flexibility index (Phi) is 7.81. The van der Waals surface area contributed by atoms with E-state index in [-0.39, 0.29) is 17.6 Å². The molecule has 0 heterocycles. The lowest BCUT2D eigenvalue weighted by atomic mass is 10.1. The van der Waals surface area contributed by atoms with Crippen LogP contribution in [0.15, 0.2) is 48.5 Å². The first-order valence-corrected chi connectivity index (χ1v) is 9.44. The van der Waals surface area contributed by atoms with Gasteiger partial charge in [-0.1, -0.05) is 41.9 Å². The highest BCUT2D eigenvalue weighted by molar-refractivity contribution is 8.00. The number of amides is 1. The van der Waals surface area contributed by atoms with Gasteiger partial charge in [0.15, 0.2) is 0 Å². The number of hydrogen-bond acceptors (Lipinski definition) is 5. The van der Waals surface area contributed by atoms with Gasteiger partial charge in [0.2, 0.25) is 5.91 Å². The van der Waals surface area contributed by atoms with Crippen LogP contribution in [0.1, 0.15) is 17.7 Å². The smallest absolute Gasteiger partial charge is 0.315 e. The third-order valence-electron chi connectivity index (χ3n) is 3.43. The summed E-state index contributed by atoms with van der Waals surface area (Å²) in [6.07, 6.45) is 0. The molecule has 2 aromatic rings. The van der Waals surface area contributed by atoms with Crippen molar-refractivity contribution in [2.45, 2.75) is 12.2 Å². The minimum atomic E-state index is -0.554. The quantitative estimate of drug-likeness (QED) is 0.676. The van der Waals surface area contributed by atoms with E-state index in [1.54, 1.807) is 25.1 Å². The molecule has 0 aliphatic heterocycles. The fourth-order valence-electron chi connectivity index (χ4n) is 2.26. The van der Waals surface area contributed by atoms with Crippen molar-refractivity contribution in [3.8, 4) is 5.75 Å². The van der Waals surface area contributed by atoms with Gasteiger partial charge < -0.3 is 14.8 Å². The highest BCUT2D eigenvalue weighted by Crippen LogP contribution is 2.32. The van der Waals surface area contributed by atoms with E-state index in [1.807, 2.05) is 30.3 Å². The molecule has 0 aliphatic rings. The Hall–Kier alpha value is -2.18. The molecule has 0 aromatic heterocycles. The van der Waals surface area contributed by atoms with Crippen molar-refractivity contribution in [2.24, 2.45) is 0 Å². The van der Waals surface area contributed by atoms with Gasteiger partial charge in [-0.3, -0.25) is 9.59 Å². The Labute approximate surface area is 162 Å². The lowest BCUT2D eigenvalue weighted by Gasteiger charge is -2.17. The van der Waals surface area contributed by atoms with Crippen LogP contribution in [0.5, 0.6) is 5.75 Å². The number of rotatable bonds is 8. The lowest BCUT2D eigenvalue weighted by molar-refractivity contribution is -0.139. The fourth-order valence-corrected chi connectivity index (χ4v) is 3.46. The van der Waals surface area contributed by atoms with E-state index in [0.717, 1.165) is 5.56 Å². The maximum Gasteiger partial charge on any atom is 0.315 e. The average Bonchev–Trinajstić information content (AvgIpc) is 2.63. The average molecular weight is 394 g/mol. The number of esters is 1. The molecule has 1 atom stereocenters. The summed E-state index contributed by atoms with van der Waals surface area (Å²) in [6, 6.07) is 14.3. The molecule has 26 heavy (non-hydrogen) atoms. The summed E-state index contributed by atoms with van der Waals surface area (Å²) >= 11 is 7.32. The molecular weight excluding hydrogens is 374 g/mol. The monoisotopic (exact) mass is 393 g/mol. The number of anilines is 1. The van der Waals surface area contributed by atoms with Gasteiger partial charge in [0.05, 0.1) is 24.5 Å². The van der Waals surface area contributed by atoms with Crippen molar-refractivity contribution < 1.29 is 19.1 Å². The summed E-state index contributed by atoms with van der Waals surface area (Å²) in [6.45, 7) is 2.06. The van der Waals surface area contributed by atoms with Crippen molar-refractivity contribution in [3.05, 3.63) is 59.1 Å². The SMILES string of the molecule is CCOC(=O)CSC(C(=O)Nc1ccc(OC)c(Cl)c1)c1ccccc1. The summed E-state index contributed by atoms with van der Waals surface area (Å²) in [5, 5.41) is 2.69. The van der Waals surface area contributed by atoms with Crippen LogP contribution < -0.4 is 10.1 Å². The second-order valence-corrected chi connectivity index (χ2v) is 6.75. The molecule has 1 unspecified atom stereocenters. The molecule has 2 rings (SSSR count). The highest BCUT2D eigenvalue weighted by atomic mass is 35.5. The number of ether oxygens (including phenoxy) is 2. The third-order valence-corrected chi connectivity index (χ3v) is 4.95. The first-order valence-electron chi connectivity index (χ1n) is 8.01. The number of thioether (sulfide) groups is 1. The molecular formula is C19H20ClNO4S. The molecule has 0 radical (unpaired) electrons. The molecule has 0 bridgehead atoms. The Balaban J connectivity index is 2.14. The van der Waals surface area contributed by atoms with Gasteiger partial charge in [-0.2, -0.15) is 0 Å². The molecule has 0 saturated carbocycles. The Morgan fingerprint density at radius 3 is 2.54 bits per heavy atom. The molecule has 7 heteroatoms. The van der Waals surface area contributed by atoms with Gasteiger partial charge in [0, 0.05) is 5.69 Å². The van der Waals surface area contributed by atoms with Crippen molar-refractivity contribution in [1.29, 1.82) is 0 Å². The number of nitrogens with one attached hydrogen (secondary N) is 1. The van der Waals surface area contributed by atoms with Gasteiger partial charge in [-0.05, 0) is 30.7 Å². The molecule has 0 saturated heterocycles. The summed E-state index contributed by atoms with van der Waals surface area (Å²) in [5.74, 6) is 0.0240. The van der Waals surface area contributed by atoms with Crippen LogP contribution in [-0.2, 0) is 14.3 Å². The van der Waals surface area contributed by atoms with Crippen molar-refractivity contribution in [1.82, 2.24) is 0 Å². The normalized spacial score (nSPS) is 11.5. The molecule has 1 N–H and O–H groups in total. The minimum absolute atomic E-state index is 0.0875. The van der Waals surface area contributed by atoms with Crippen LogP contribution >= 0.6 is 23.4 Å². The fraction of sp³-hybridized carbons (Fsp3) is 0.263. The number of hydrogen-bond donors (Lipinski definition) is 1. The molecule has 0 fully saturated rings. The van der Waals surface area contributed by atoms with Gasteiger partial charge in [0.1, 0.15) is 11.0 Å². The molecule has 0 aliphatic carbocycles. The second kappa shape index (κ2) is 10.1. The summed E-state index contributed by atoms with van der Waals surface area (Å²) in [4.78, 5) is 24.5. The summed E-state index contributed by atoms with van der Waals surface area (Å²) in [7, 11) is 1.52. The van der Waals surface area contributed by atoms with Gasteiger partial charge >= 0.3 is 5.97 Å². The van der Waals surface area contributed by atoms with E-state index in [1.165, 1.54) is 18.9 Å². The summed E-state index contributed by atoms with van der Waals surface area (Å²) in [5.41, 5.74) is 1.36. The highest BCUT2D eigenvalue weighted by Gasteiger charge is 2.23. The molecule has 138 valence electrons. The zero-order chi connectivity index (χ0) is 18.9. The maximum atomic E-state index is 12.8. The maximum absolute atomic E-state index is 12.8. The Morgan fingerprint density at radius 2 is 1.92 bits per heavy atom. The van der Waals surface area contributed by atoms with E-state index in [0.29, 0.717) is 23.1 Å². The van der Waals surface area contributed by atoms with E-state index in [9.17, 15) is 9.59 Å². The van der Waals surface area contributed by atoms with Crippen LogP contribution in [0, 0.1) is 0 Å². The number of halogens is 1. The lowest BCUT2D eigenvalue weighted by Crippen LogP contribution is -2.20. The number of carbonyl (C=O) groups excluding carboxylic acids is 2. The van der Waals surface area contributed by atoms with Crippen LogP contribution in [0.25, 0.3) is 0 Å². The van der Waals surface area contributed by atoms with E-state index in [4.69, 9.17) is 21.1 Å². The molecule has 5 nitrogen and oxygen atoms in total. The van der Waals surface area contributed by atoms with Crippen LogP contribution in [0.4, 0.5) is 5.69 Å². The van der Waals surface area contributed by atoms with Crippen LogP contribution in [0.3, 0.4) is 0 Å². The van der Waals surface area contributed by atoms with Crippen LogP contribution in [0.2, 0.25) is 5.02 Å². The van der Waals surface area contributed by atoms with Gasteiger partial charge in [-0.15, -0.1) is 11.8 Å². The predicted octanol–water partition coefficient (Wildman–Crippen LogP) is 4.32.